The summed E-state index contributed by atoms with van der Waals surface area (Å²) in [6.07, 6.45) is 0. The van der Waals surface area contributed by atoms with Gasteiger partial charge < -0.3 is 14.0 Å². The molecule has 2 bridgehead atoms. The van der Waals surface area contributed by atoms with Gasteiger partial charge in [-0.05, 0) is 0 Å². The molecule has 0 atom stereocenters. The molecule has 0 aliphatic carbocycles. The van der Waals surface area contributed by atoms with Crippen molar-refractivity contribution < 1.29 is 14.0 Å². The van der Waals surface area contributed by atoms with Crippen LogP contribution in [0.25, 0.3) is 0 Å². The third kappa shape index (κ3) is 0.639. The molecule has 3 heterocycles. The minimum Gasteiger partial charge on any atom is -0.372 e. The highest BCUT2D eigenvalue weighted by Gasteiger charge is 2.34. The summed E-state index contributed by atoms with van der Waals surface area (Å²) in [6.45, 7) is 1.93. The second-order valence-electron chi connectivity index (χ2n) is 1.85. The Balaban J connectivity index is 2.03. The number of nitrogens with zero attached hydrogens (tertiary/aromatic N) is 1. The van der Waals surface area contributed by atoms with Crippen molar-refractivity contribution in [2.24, 2.45) is 0 Å². The highest BCUT2D eigenvalue weighted by Crippen LogP contribution is 2.10. The van der Waals surface area contributed by atoms with Gasteiger partial charge in [-0.15, -0.1) is 0 Å². The predicted molar refractivity (Wildman–Crippen MR) is 25.4 cm³/mol. The van der Waals surface area contributed by atoms with Crippen LogP contribution in [0, 0.1) is 0 Å². The SMILES string of the molecule is C1OB2OCN1CO2. The van der Waals surface area contributed by atoms with Crippen LogP contribution in [0.5, 0.6) is 0 Å². The predicted octanol–water partition coefficient (Wildman–Crippen LogP) is -0.777. The van der Waals surface area contributed by atoms with E-state index in [0.717, 1.165) is 0 Å². The van der Waals surface area contributed by atoms with Crippen LogP contribution in [-0.2, 0) is 14.0 Å². The third-order valence-electron chi connectivity index (χ3n) is 1.18. The zero-order chi connectivity index (χ0) is 5.40. The van der Waals surface area contributed by atoms with Crippen molar-refractivity contribution >= 4 is 7.32 Å². The molecule has 0 radical (unpaired) electrons. The first kappa shape index (κ1) is 4.75. The van der Waals surface area contributed by atoms with Crippen LogP contribution >= 0.6 is 0 Å². The van der Waals surface area contributed by atoms with E-state index in [9.17, 15) is 0 Å². The molecule has 5 heteroatoms. The normalized spacial score (nSPS) is 29.2. The first-order valence-corrected chi connectivity index (χ1v) is 2.52. The van der Waals surface area contributed by atoms with Crippen molar-refractivity contribution in [3.8, 4) is 0 Å². The molecule has 0 aromatic carbocycles. The van der Waals surface area contributed by atoms with E-state index in [4.69, 9.17) is 14.0 Å². The molecule has 3 rings (SSSR count). The molecule has 0 N–H and O–H groups in total. The molecule has 4 nitrogen and oxygen atoms in total. The van der Waals surface area contributed by atoms with Crippen LogP contribution in [0.2, 0.25) is 0 Å². The summed E-state index contributed by atoms with van der Waals surface area (Å²) in [7, 11) is -0.389. The van der Waals surface area contributed by atoms with Gasteiger partial charge in [0.25, 0.3) is 0 Å². The standard InChI is InChI=1S/C3H6BNO3/c1-5-2-7-4(6-1)8-3-5/h1-3H2. The maximum absolute atomic E-state index is 4.96. The molecule has 0 aromatic heterocycles. The molecule has 0 spiro atoms. The summed E-state index contributed by atoms with van der Waals surface area (Å²) in [6, 6.07) is 0. The van der Waals surface area contributed by atoms with Gasteiger partial charge in [-0.1, -0.05) is 0 Å². The molecule has 3 fully saturated rings. The molecule has 3 aliphatic rings. The lowest BCUT2D eigenvalue weighted by atomic mass is 10.2. The Morgan fingerprint density at radius 3 is 1.62 bits per heavy atom. The largest absolute Gasteiger partial charge is 0.642 e. The summed E-state index contributed by atoms with van der Waals surface area (Å²) >= 11 is 0. The van der Waals surface area contributed by atoms with E-state index in [1.807, 2.05) is 4.90 Å². The lowest BCUT2D eigenvalue weighted by molar-refractivity contribution is -0.144. The van der Waals surface area contributed by atoms with Gasteiger partial charge in [0.2, 0.25) is 0 Å². The first-order chi connectivity index (χ1) is 3.95. The van der Waals surface area contributed by atoms with E-state index in [1.54, 1.807) is 0 Å². The van der Waals surface area contributed by atoms with E-state index < -0.39 is 0 Å². The van der Waals surface area contributed by atoms with E-state index >= 15 is 0 Å². The summed E-state index contributed by atoms with van der Waals surface area (Å²) in [4.78, 5) is 1.92. The lowest BCUT2D eigenvalue weighted by Crippen LogP contribution is -2.52. The third-order valence-corrected chi connectivity index (χ3v) is 1.18. The Kier molecular flexibility index (Phi) is 1.01. The molecule has 0 amide bonds. The van der Waals surface area contributed by atoms with Crippen molar-refractivity contribution in [3.63, 3.8) is 0 Å². The fraction of sp³-hybridized carbons (Fsp3) is 1.00. The van der Waals surface area contributed by atoms with Gasteiger partial charge in [0, 0.05) is 0 Å². The Morgan fingerprint density at radius 2 is 1.50 bits per heavy atom. The number of hydrogen-bond donors (Lipinski definition) is 0. The van der Waals surface area contributed by atoms with Crippen LogP contribution < -0.4 is 0 Å². The van der Waals surface area contributed by atoms with E-state index in [1.165, 1.54) is 0 Å². The monoisotopic (exact) mass is 115 g/mol. The second-order valence-corrected chi connectivity index (χ2v) is 1.85. The first-order valence-electron chi connectivity index (χ1n) is 2.52. The molecule has 44 valence electrons. The van der Waals surface area contributed by atoms with Crippen molar-refractivity contribution in [2.45, 2.75) is 0 Å². The minimum atomic E-state index is -0.389. The van der Waals surface area contributed by atoms with Gasteiger partial charge >= 0.3 is 7.32 Å². The molecule has 0 unspecified atom stereocenters. The summed E-state index contributed by atoms with van der Waals surface area (Å²) < 4.78 is 14.9. The van der Waals surface area contributed by atoms with Gasteiger partial charge in [-0.3, -0.25) is 0 Å². The zero-order valence-corrected chi connectivity index (χ0v) is 4.37. The molecular weight excluding hydrogens is 109 g/mol. The second kappa shape index (κ2) is 1.70. The molecule has 3 saturated heterocycles. The van der Waals surface area contributed by atoms with Crippen molar-refractivity contribution in [2.75, 3.05) is 20.2 Å². The Hall–Kier alpha value is -0.0951. The molecular formula is C3H6BNO3. The van der Waals surface area contributed by atoms with Crippen LogP contribution in [0.1, 0.15) is 0 Å². The number of rotatable bonds is 0. The average Bonchev–Trinajstić information content (AvgIpc) is 1.92. The van der Waals surface area contributed by atoms with E-state index in [-0.39, 0.29) is 7.32 Å². The smallest absolute Gasteiger partial charge is 0.372 e. The van der Waals surface area contributed by atoms with Gasteiger partial charge in [-0.2, -0.15) is 0 Å². The van der Waals surface area contributed by atoms with Crippen LogP contribution in [0.4, 0.5) is 0 Å². The summed E-state index contributed by atoms with van der Waals surface area (Å²) in [5.74, 6) is 0. The number of fused-ring (bicyclic) bond motifs is 3. The molecule has 0 saturated carbocycles. The van der Waals surface area contributed by atoms with Crippen molar-refractivity contribution in [3.05, 3.63) is 0 Å². The Bertz CT molecular complexity index is 69.5. The van der Waals surface area contributed by atoms with Crippen LogP contribution in [0.3, 0.4) is 0 Å². The summed E-state index contributed by atoms with van der Waals surface area (Å²) in [5, 5.41) is 0. The molecule has 3 aliphatic heterocycles. The maximum Gasteiger partial charge on any atom is 0.642 e. The van der Waals surface area contributed by atoms with Gasteiger partial charge in [-0.25, -0.2) is 4.90 Å². The lowest BCUT2D eigenvalue weighted by Gasteiger charge is -2.35. The van der Waals surface area contributed by atoms with Gasteiger partial charge in [0.05, 0.1) is 20.2 Å². The van der Waals surface area contributed by atoms with Gasteiger partial charge in [0.15, 0.2) is 0 Å². The van der Waals surface area contributed by atoms with Gasteiger partial charge in [0.1, 0.15) is 0 Å². The minimum absolute atomic E-state index is 0.389. The molecule has 8 heavy (non-hydrogen) atoms. The fourth-order valence-corrected chi connectivity index (χ4v) is 0.755. The van der Waals surface area contributed by atoms with Crippen LogP contribution in [0.15, 0.2) is 0 Å². The Morgan fingerprint density at radius 1 is 1.00 bits per heavy atom. The highest BCUT2D eigenvalue weighted by molar-refractivity contribution is 6.36. The topological polar surface area (TPSA) is 30.9 Å². The quantitative estimate of drug-likeness (QED) is 0.387. The zero-order valence-electron chi connectivity index (χ0n) is 4.37. The molecule has 0 aromatic rings. The van der Waals surface area contributed by atoms with E-state index in [2.05, 4.69) is 0 Å². The van der Waals surface area contributed by atoms with Crippen molar-refractivity contribution in [1.29, 1.82) is 0 Å². The van der Waals surface area contributed by atoms with Crippen molar-refractivity contribution in [1.82, 2.24) is 4.90 Å². The maximum atomic E-state index is 4.96. The van der Waals surface area contributed by atoms with Crippen LogP contribution in [-0.4, -0.2) is 32.4 Å². The summed E-state index contributed by atoms with van der Waals surface area (Å²) in [5.41, 5.74) is 0. The number of hydrogen-bond acceptors (Lipinski definition) is 4. The fourth-order valence-electron chi connectivity index (χ4n) is 0.755. The highest BCUT2D eigenvalue weighted by atomic mass is 16.8. The Labute approximate surface area is 47.5 Å². The average molecular weight is 115 g/mol. The van der Waals surface area contributed by atoms with E-state index in [0.29, 0.717) is 20.2 Å².